The van der Waals surface area contributed by atoms with Gasteiger partial charge in [-0.3, -0.25) is 0 Å². The van der Waals surface area contributed by atoms with Crippen LogP contribution in [0.3, 0.4) is 0 Å². The molecule has 3 rings (SSSR count). The zero-order valence-electron chi connectivity index (χ0n) is 13.3. The Balaban J connectivity index is 1.72. The molecule has 0 bridgehead atoms. The Morgan fingerprint density at radius 1 is 1.00 bits per heavy atom. The van der Waals surface area contributed by atoms with Gasteiger partial charge in [0.15, 0.2) is 0 Å². The minimum atomic E-state index is 0.530. The van der Waals surface area contributed by atoms with E-state index < -0.39 is 0 Å². The van der Waals surface area contributed by atoms with Gasteiger partial charge in [-0.05, 0) is 39.7 Å². The molecule has 2 aromatic rings. The number of anilines is 2. The van der Waals surface area contributed by atoms with Crippen molar-refractivity contribution < 1.29 is 0 Å². The van der Waals surface area contributed by atoms with Gasteiger partial charge >= 0.3 is 0 Å². The first-order valence-corrected chi connectivity index (χ1v) is 7.63. The summed E-state index contributed by atoms with van der Waals surface area (Å²) in [6, 6.07) is 1.99. The summed E-state index contributed by atoms with van der Waals surface area (Å²) in [5, 5.41) is 11.3. The van der Waals surface area contributed by atoms with Crippen LogP contribution in [0.15, 0.2) is 6.07 Å². The molecule has 1 saturated heterocycles. The predicted octanol–water partition coefficient (Wildman–Crippen LogP) is 1.80. The Morgan fingerprint density at radius 2 is 1.77 bits per heavy atom. The number of aromatic nitrogens is 5. The molecule has 0 unspecified atom stereocenters. The van der Waals surface area contributed by atoms with Crippen molar-refractivity contribution in [3.63, 3.8) is 0 Å². The summed E-state index contributed by atoms with van der Waals surface area (Å²) in [6.07, 6.45) is 2.43. The first-order chi connectivity index (χ1) is 10.6. The molecule has 0 atom stereocenters. The van der Waals surface area contributed by atoms with E-state index in [-0.39, 0.29) is 0 Å². The smallest absolute Gasteiger partial charge is 0.243 e. The average molecular weight is 299 g/mol. The van der Waals surface area contributed by atoms with Gasteiger partial charge in [0.1, 0.15) is 0 Å². The first kappa shape index (κ1) is 14.6. The maximum absolute atomic E-state index is 4.65. The van der Waals surface area contributed by atoms with E-state index in [4.69, 9.17) is 0 Å². The molecule has 116 valence electrons. The Morgan fingerprint density at radius 3 is 2.50 bits per heavy atom. The summed E-state index contributed by atoms with van der Waals surface area (Å²) in [7, 11) is 0. The third-order valence-electron chi connectivity index (χ3n) is 3.80. The Hall–Kier alpha value is -2.31. The molecule has 0 aliphatic carbocycles. The Labute approximate surface area is 130 Å². The molecule has 22 heavy (non-hydrogen) atoms. The average Bonchev–Trinajstić information content (AvgIpc) is 3.02. The maximum Gasteiger partial charge on any atom is 0.243 e. The van der Waals surface area contributed by atoms with Crippen LogP contribution in [0.5, 0.6) is 0 Å². The van der Waals surface area contributed by atoms with Crippen molar-refractivity contribution in [3.8, 4) is 0 Å². The SMILES string of the molecule is Cc1cc(CNc2nnc(C)c(C)n2)nc(N2CCCC2)n1. The highest BCUT2D eigenvalue weighted by atomic mass is 15.3. The van der Waals surface area contributed by atoms with Gasteiger partial charge < -0.3 is 10.2 Å². The van der Waals surface area contributed by atoms with Gasteiger partial charge in [-0.15, -0.1) is 5.10 Å². The van der Waals surface area contributed by atoms with Crippen LogP contribution in [0.1, 0.15) is 35.6 Å². The van der Waals surface area contributed by atoms with Crippen molar-refractivity contribution in [2.24, 2.45) is 0 Å². The van der Waals surface area contributed by atoms with Crippen molar-refractivity contribution in [2.45, 2.75) is 40.2 Å². The van der Waals surface area contributed by atoms with Crippen molar-refractivity contribution >= 4 is 11.9 Å². The molecular formula is C15H21N7. The van der Waals surface area contributed by atoms with E-state index in [1.807, 2.05) is 26.8 Å². The number of hydrogen-bond acceptors (Lipinski definition) is 7. The number of aryl methyl sites for hydroxylation is 3. The fourth-order valence-electron chi connectivity index (χ4n) is 2.47. The van der Waals surface area contributed by atoms with Gasteiger partial charge in [-0.2, -0.15) is 5.10 Å². The summed E-state index contributed by atoms with van der Waals surface area (Å²) < 4.78 is 0. The third kappa shape index (κ3) is 3.29. The molecule has 7 nitrogen and oxygen atoms in total. The van der Waals surface area contributed by atoms with Gasteiger partial charge in [-0.25, -0.2) is 15.0 Å². The highest BCUT2D eigenvalue weighted by molar-refractivity contribution is 5.34. The number of hydrogen-bond donors (Lipinski definition) is 1. The molecule has 0 radical (unpaired) electrons. The second kappa shape index (κ2) is 6.21. The highest BCUT2D eigenvalue weighted by Crippen LogP contribution is 2.17. The van der Waals surface area contributed by atoms with Crippen LogP contribution in [0.25, 0.3) is 0 Å². The standard InChI is InChI=1S/C15H21N7/c1-10-8-13(19-15(17-10)22-6-4-5-7-22)9-16-14-18-11(2)12(3)20-21-14/h8H,4-7,9H2,1-3H3,(H,16,18,21). The number of nitrogens with one attached hydrogen (secondary N) is 1. The largest absolute Gasteiger partial charge is 0.347 e. The van der Waals surface area contributed by atoms with E-state index in [0.29, 0.717) is 12.5 Å². The van der Waals surface area contributed by atoms with Crippen molar-refractivity contribution in [1.29, 1.82) is 0 Å². The fourth-order valence-corrected chi connectivity index (χ4v) is 2.47. The van der Waals surface area contributed by atoms with Gasteiger partial charge in [0, 0.05) is 18.8 Å². The maximum atomic E-state index is 4.65. The lowest BCUT2D eigenvalue weighted by Gasteiger charge is -2.16. The van der Waals surface area contributed by atoms with E-state index in [9.17, 15) is 0 Å². The highest BCUT2D eigenvalue weighted by Gasteiger charge is 2.16. The van der Waals surface area contributed by atoms with Crippen molar-refractivity contribution in [2.75, 3.05) is 23.3 Å². The van der Waals surface area contributed by atoms with Gasteiger partial charge in [0.05, 0.1) is 23.6 Å². The van der Waals surface area contributed by atoms with Crippen LogP contribution in [0, 0.1) is 20.8 Å². The molecule has 1 aliphatic rings. The molecule has 2 aromatic heterocycles. The predicted molar refractivity (Wildman–Crippen MR) is 84.8 cm³/mol. The van der Waals surface area contributed by atoms with Crippen LogP contribution in [-0.4, -0.2) is 38.2 Å². The van der Waals surface area contributed by atoms with Crippen LogP contribution < -0.4 is 10.2 Å². The molecule has 7 heteroatoms. The lowest BCUT2D eigenvalue weighted by Crippen LogP contribution is -2.21. The Bertz CT molecular complexity index is 665. The molecule has 0 amide bonds. The zero-order valence-corrected chi connectivity index (χ0v) is 13.3. The van der Waals surface area contributed by atoms with Crippen LogP contribution in [-0.2, 0) is 6.54 Å². The van der Waals surface area contributed by atoms with Crippen LogP contribution in [0.2, 0.25) is 0 Å². The van der Waals surface area contributed by atoms with E-state index >= 15 is 0 Å². The first-order valence-electron chi connectivity index (χ1n) is 7.63. The monoisotopic (exact) mass is 299 g/mol. The van der Waals surface area contributed by atoms with Crippen LogP contribution >= 0.6 is 0 Å². The molecule has 0 aromatic carbocycles. The second-order valence-corrected chi connectivity index (χ2v) is 5.65. The lowest BCUT2D eigenvalue weighted by atomic mass is 10.3. The summed E-state index contributed by atoms with van der Waals surface area (Å²) >= 11 is 0. The van der Waals surface area contributed by atoms with Crippen molar-refractivity contribution in [3.05, 3.63) is 28.8 Å². The quantitative estimate of drug-likeness (QED) is 0.922. The minimum absolute atomic E-state index is 0.530. The molecule has 0 saturated carbocycles. The van der Waals surface area contributed by atoms with Gasteiger partial charge in [0.2, 0.25) is 11.9 Å². The topological polar surface area (TPSA) is 79.7 Å². The summed E-state index contributed by atoms with van der Waals surface area (Å²) in [5.74, 6) is 1.36. The van der Waals surface area contributed by atoms with E-state index in [0.717, 1.165) is 41.8 Å². The van der Waals surface area contributed by atoms with Crippen molar-refractivity contribution in [1.82, 2.24) is 25.1 Å². The van der Waals surface area contributed by atoms with Gasteiger partial charge in [0.25, 0.3) is 0 Å². The van der Waals surface area contributed by atoms with E-state index in [2.05, 4.69) is 35.4 Å². The fraction of sp³-hybridized carbons (Fsp3) is 0.533. The molecule has 0 spiro atoms. The number of rotatable bonds is 4. The lowest BCUT2D eigenvalue weighted by molar-refractivity contribution is 0.851. The number of nitrogens with zero attached hydrogens (tertiary/aromatic N) is 6. The summed E-state index contributed by atoms with van der Waals surface area (Å²) in [5.41, 5.74) is 3.65. The zero-order chi connectivity index (χ0) is 15.5. The molecule has 1 aliphatic heterocycles. The van der Waals surface area contributed by atoms with Crippen LogP contribution in [0.4, 0.5) is 11.9 Å². The van der Waals surface area contributed by atoms with E-state index in [1.54, 1.807) is 0 Å². The van der Waals surface area contributed by atoms with Gasteiger partial charge in [-0.1, -0.05) is 0 Å². The molecule has 3 heterocycles. The second-order valence-electron chi connectivity index (χ2n) is 5.65. The van der Waals surface area contributed by atoms with E-state index in [1.165, 1.54) is 12.8 Å². The molecule has 1 fully saturated rings. The Kier molecular flexibility index (Phi) is 4.13. The molecular weight excluding hydrogens is 278 g/mol. The molecule has 1 N–H and O–H groups in total. The third-order valence-corrected chi connectivity index (χ3v) is 3.80. The minimum Gasteiger partial charge on any atom is -0.347 e. The normalized spacial score (nSPS) is 14.4. The summed E-state index contributed by atoms with van der Waals surface area (Å²) in [4.78, 5) is 15.8. The summed E-state index contributed by atoms with van der Waals surface area (Å²) in [6.45, 7) is 8.47.